The molecule has 0 amide bonds. The number of hydrogen-bond acceptors (Lipinski definition) is 0. The minimum atomic E-state index is 0. The standard InChI is InChI=1S/C10H15.C6H16P2.Co/c1-6-7(2)9(4)10(5)8(6)3;1-7(2)5-6-8(3)4;/h1-5H3;5-6H2,1-4H3;/q-1;;/p+2. The molecule has 0 aliphatic heterocycles. The van der Waals surface area contributed by atoms with Crippen LogP contribution in [0.5, 0.6) is 0 Å². The zero-order valence-electron chi connectivity index (χ0n) is 14.2. The molecule has 1 aromatic carbocycles. The van der Waals surface area contributed by atoms with Gasteiger partial charge in [0.25, 0.3) is 0 Å². The van der Waals surface area contributed by atoms with Crippen molar-refractivity contribution in [3.8, 4) is 0 Å². The average Bonchev–Trinajstić information content (AvgIpc) is 2.46. The molecule has 0 bridgehead atoms. The second-order valence-corrected chi connectivity index (χ2v) is 11.9. The fourth-order valence-electron chi connectivity index (χ4n) is 1.91. The molecule has 0 aliphatic carbocycles. The fraction of sp³-hybridized carbons (Fsp3) is 0.688. The van der Waals surface area contributed by atoms with Crippen LogP contribution < -0.4 is 0 Å². The molecule has 19 heavy (non-hydrogen) atoms. The van der Waals surface area contributed by atoms with Gasteiger partial charge in [-0.3, -0.25) is 0 Å². The fourth-order valence-corrected chi connectivity index (χ4v) is 5.91. The third-order valence-electron chi connectivity index (χ3n) is 3.94. The van der Waals surface area contributed by atoms with Gasteiger partial charge in [0.2, 0.25) is 0 Å². The normalized spacial score (nSPS) is 10.3. The van der Waals surface area contributed by atoms with E-state index in [1.807, 2.05) is 0 Å². The summed E-state index contributed by atoms with van der Waals surface area (Å²) in [5, 5.41) is 0. The molecule has 0 atom stereocenters. The van der Waals surface area contributed by atoms with Crippen LogP contribution in [-0.4, -0.2) is 39.0 Å². The molecule has 0 heterocycles. The Morgan fingerprint density at radius 1 is 0.737 bits per heavy atom. The van der Waals surface area contributed by atoms with Crippen LogP contribution in [0.1, 0.15) is 27.8 Å². The Morgan fingerprint density at radius 3 is 1.11 bits per heavy atom. The van der Waals surface area contributed by atoms with Crippen LogP contribution in [0.4, 0.5) is 0 Å². The maximum atomic E-state index is 2.40. The van der Waals surface area contributed by atoms with Crippen molar-refractivity contribution in [1.29, 1.82) is 0 Å². The Labute approximate surface area is 134 Å². The first kappa shape index (κ1) is 22.0. The summed E-state index contributed by atoms with van der Waals surface area (Å²) in [6, 6.07) is 0. The molecule has 0 N–H and O–H groups in total. The maximum absolute atomic E-state index is 2.40. The van der Waals surface area contributed by atoms with Gasteiger partial charge in [0, 0.05) is 43.4 Å². The first-order chi connectivity index (χ1) is 8.18. The van der Waals surface area contributed by atoms with Crippen molar-refractivity contribution in [2.45, 2.75) is 34.6 Å². The van der Waals surface area contributed by atoms with E-state index >= 15 is 0 Å². The van der Waals surface area contributed by atoms with Gasteiger partial charge in [-0.1, -0.05) is 34.6 Å². The molecule has 1 radical (unpaired) electrons. The van der Waals surface area contributed by atoms with E-state index in [1.165, 1.54) is 40.1 Å². The summed E-state index contributed by atoms with van der Waals surface area (Å²) < 4.78 is 0. The number of rotatable bonds is 3. The SMILES string of the molecule is C[PH+](C)CC[PH+](C)C.Cc1c(C)c(C)[c-](C)c1C.[Co]. The molecule has 0 aromatic heterocycles. The molecule has 0 spiro atoms. The Hall–Kier alpha value is 0.716. The topological polar surface area (TPSA) is 0 Å². The molecule has 1 aromatic rings. The van der Waals surface area contributed by atoms with Gasteiger partial charge in [0.1, 0.15) is 0 Å². The quantitative estimate of drug-likeness (QED) is 0.541. The molecular formula is C16H33CoP2+. The molecule has 0 saturated heterocycles. The van der Waals surface area contributed by atoms with Gasteiger partial charge in [-0.2, -0.15) is 27.8 Å². The van der Waals surface area contributed by atoms with Crippen molar-refractivity contribution < 1.29 is 16.8 Å². The largest absolute Gasteiger partial charge is 0.196 e. The predicted molar refractivity (Wildman–Crippen MR) is 95.8 cm³/mol. The van der Waals surface area contributed by atoms with Crippen molar-refractivity contribution >= 4 is 15.8 Å². The van der Waals surface area contributed by atoms with Gasteiger partial charge in [0.05, 0.1) is 12.3 Å². The second kappa shape index (κ2) is 10.4. The summed E-state index contributed by atoms with van der Waals surface area (Å²) in [7, 11) is 0.191. The van der Waals surface area contributed by atoms with E-state index in [-0.39, 0.29) is 32.6 Å². The summed E-state index contributed by atoms with van der Waals surface area (Å²) in [5.41, 5.74) is 7.34. The molecule has 115 valence electrons. The Morgan fingerprint density at radius 2 is 1.00 bits per heavy atom. The second-order valence-electron chi connectivity index (χ2n) is 6.04. The summed E-state index contributed by atoms with van der Waals surface area (Å²) in [6.45, 7) is 20.6. The van der Waals surface area contributed by atoms with Crippen molar-refractivity contribution in [2.24, 2.45) is 0 Å². The van der Waals surface area contributed by atoms with Crippen LogP contribution >= 0.6 is 15.8 Å². The van der Waals surface area contributed by atoms with Crippen LogP contribution in [0, 0.1) is 34.6 Å². The summed E-state index contributed by atoms with van der Waals surface area (Å²) >= 11 is 0. The van der Waals surface area contributed by atoms with Crippen LogP contribution in [0.25, 0.3) is 0 Å². The van der Waals surface area contributed by atoms with Crippen LogP contribution in [0.15, 0.2) is 0 Å². The van der Waals surface area contributed by atoms with Crippen molar-refractivity contribution in [2.75, 3.05) is 39.0 Å². The van der Waals surface area contributed by atoms with Crippen molar-refractivity contribution in [1.82, 2.24) is 0 Å². The third-order valence-corrected chi connectivity index (χ3v) is 6.94. The third kappa shape index (κ3) is 7.91. The molecule has 0 unspecified atom stereocenters. The zero-order chi connectivity index (χ0) is 14.5. The van der Waals surface area contributed by atoms with Gasteiger partial charge in [-0.05, 0) is 15.8 Å². The molecule has 0 aliphatic rings. The minimum absolute atomic E-state index is 0. The van der Waals surface area contributed by atoms with Crippen molar-refractivity contribution in [3.05, 3.63) is 27.8 Å². The van der Waals surface area contributed by atoms with Crippen LogP contribution in [-0.2, 0) is 16.8 Å². The Kier molecular flexibility index (Phi) is 12.1. The first-order valence-electron chi connectivity index (χ1n) is 6.96. The summed E-state index contributed by atoms with van der Waals surface area (Å²) in [5.74, 6) is 0. The molecule has 0 saturated carbocycles. The van der Waals surface area contributed by atoms with Gasteiger partial charge in [-0.25, -0.2) is 0 Å². The first-order valence-corrected chi connectivity index (χ1v) is 12.4. The van der Waals surface area contributed by atoms with E-state index in [2.05, 4.69) is 61.3 Å². The Bertz CT molecular complexity index is 277. The van der Waals surface area contributed by atoms with E-state index in [0.717, 1.165) is 0 Å². The van der Waals surface area contributed by atoms with Crippen LogP contribution in [0.3, 0.4) is 0 Å². The molecule has 0 nitrogen and oxygen atoms in total. The maximum Gasteiger partial charge on any atom is 0.0899 e. The molecule has 0 fully saturated rings. The van der Waals surface area contributed by atoms with E-state index in [0.29, 0.717) is 0 Å². The molecular weight excluding hydrogens is 313 g/mol. The van der Waals surface area contributed by atoms with Gasteiger partial charge in [-0.15, -0.1) is 0 Å². The zero-order valence-corrected chi connectivity index (χ0v) is 17.3. The number of hydrogen-bond donors (Lipinski definition) is 0. The van der Waals surface area contributed by atoms with Gasteiger partial charge in [0.15, 0.2) is 0 Å². The minimum Gasteiger partial charge on any atom is -0.196 e. The summed E-state index contributed by atoms with van der Waals surface area (Å²) in [6.07, 6.45) is 3.07. The Balaban J connectivity index is 0. The van der Waals surface area contributed by atoms with E-state index < -0.39 is 0 Å². The molecule has 1 rings (SSSR count). The van der Waals surface area contributed by atoms with E-state index in [4.69, 9.17) is 0 Å². The van der Waals surface area contributed by atoms with E-state index in [9.17, 15) is 0 Å². The smallest absolute Gasteiger partial charge is 0.0899 e. The summed E-state index contributed by atoms with van der Waals surface area (Å²) in [4.78, 5) is 0. The molecule has 3 heteroatoms. The predicted octanol–water partition coefficient (Wildman–Crippen LogP) is 4.88. The van der Waals surface area contributed by atoms with Gasteiger partial charge < -0.3 is 0 Å². The monoisotopic (exact) mass is 346 g/mol. The van der Waals surface area contributed by atoms with Crippen LogP contribution in [0.2, 0.25) is 0 Å². The van der Waals surface area contributed by atoms with Crippen molar-refractivity contribution in [3.63, 3.8) is 0 Å². The van der Waals surface area contributed by atoms with Gasteiger partial charge >= 0.3 is 0 Å². The average molecular weight is 346 g/mol. The van der Waals surface area contributed by atoms with E-state index in [1.54, 1.807) is 0 Å².